The maximum absolute atomic E-state index is 11.9. The van der Waals surface area contributed by atoms with Gasteiger partial charge in [0.05, 0.1) is 12.1 Å². The van der Waals surface area contributed by atoms with Gasteiger partial charge in [-0.15, -0.1) is 24.0 Å². The lowest BCUT2D eigenvalue weighted by Gasteiger charge is -2.40. The number of rotatable bonds is 5. The Morgan fingerprint density at radius 2 is 1.92 bits per heavy atom. The largest absolute Gasteiger partial charge is 0.388 e. The number of piperazine rings is 1. The molecule has 7 nitrogen and oxygen atoms in total. The SMILES string of the molecule is CN=C(NCC1(O)CCC1)N1CCN(CC(=O)NC2CC2)CC1.I. The third-order valence-electron chi connectivity index (χ3n) is 5.05. The topological polar surface area (TPSA) is 80.2 Å². The van der Waals surface area contributed by atoms with Gasteiger partial charge in [-0.2, -0.15) is 0 Å². The number of guanidine groups is 1. The maximum atomic E-state index is 11.9. The van der Waals surface area contributed by atoms with Crippen molar-refractivity contribution in [1.29, 1.82) is 0 Å². The molecule has 3 aliphatic rings. The summed E-state index contributed by atoms with van der Waals surface area (Å²) in [6.07, 6.45) is 5.13. The molecule has 0 aromatic carbocycles. The van der Waals surface area contributed by atoms with E-state index in [0.29, 0.717) is 19.1 Å². The smallest absolute Gasteiger partial charge is 0.234 e. The molecule has 3 rings (SSSR count). The molecular formula is C16H30IN5O2. The zero-order valence-electron chi connectivity index (χ0n) is 14.5. The van der Waals surface area contributed by atoms with Crippen molar-refractivity contribution in [1.82, 2.24) is 20.4 Å². The van der Waals surface area contributed by atoms with Crippen molar-refractivity contribution in [3.63, 3.8) is 0 Å². The number of aliphatic imine (C=N–C) groups is 1. The van der Waals surface area contributed by atoms with Crippen LogP contribution < -0.4 is 10.6 Å². The summed E-state index contributed by atoms with van der Waals surface area (Å²) in [7, 11) is 1.78. The summed E-state index contributed by atoms with van der Waals surface area (Å²) in [4.78, 5) is 20.6. The molecule has 1 saturated heterocycles. The second-order valence-corrected chi connectivity index (χ2v) is 7.08. The van der Waals surface area contributed by atoms with E-state index >= 15 is 0 Å². The lowest BCUT2D eigenvalue weighted by molar-refractivity contribution is -0.122. The van der Waals surface area contributed by atoms with Crippen molar-refractivity contribution < 1.29 is 9.90 Å². The number of aliphatic hydroxyl groups is 1. The predicted octanol–water partition coefficient (Wildman–Crippen LogP) is -0.00900. The lowest BCUT2D eigenvalue weighted by Crippen LogP contribution is -2.56. The van der Waals surface area contributed by atoms with Crippen molar-refractivity contribution in [2.75, 3.05) is 46.3 Å². The van der Waals surface area contributed by atoms with Crippen molar-refractivity contribution in [3.8, 4) is 0 Å². The van der Waals surface area contributed by atoms with E-state index in [-0.39, 0.29) is 29.9 Å². The Bertz CT molecular complexity index is 457. The van der Waals surface area contributed by atoms with Crippen molar-refractivity contribution in [2.45, 2.75) is 43.7 Å². The van der Waals surface area contributed by atoms with Crippen LogP contribution in [0.2, 0.25) is 0 Å². The Labute approximate surface area is 161 Å². The van der Waals surface area contributed by atoms with Gasteiger partial charge in [-0.3, -0.25) is 14.7 Å². The van der Waals surface area contributed by atoms with Crippen LogP contribution >= 0.6 is 24.0 Å². The van der Waals surface area contributed by atoms with Crippen LogP contribution in [0.3, 0.4) is 0 Å². The van der Waals surface area contributed by atoms with E-state index in [9.17, 15) is 9.90 Å². The fourth-order valence-electron chi connectivity index (χ4n) is 3.16. The minimum absolute atomic E-state index is 0. The molecule has 0 spiro atoms. The van der Waals surface area contributed by atoms with Crippen molar-refractivity contribution >= 4 is 35.8 Å². The van der Waals surface area contributed by atoms with E-state index in [1.807, 2.05) is 0 Å². The molecular weight excluding hydrogens is 421 g/mol. The van der Waals surface area contributed by atoms with Crippen LogP contribution in [0.15, 0.2) is 4.99 Å². The Hall–Kier alpha value is -0.610. The first-order chi connectivity index (χ1) is 11.1. The molecule has 0 unspecified atom stereocenters. The third-order valence-corrected chi connectivity index (χ3v) is 5.05. The fraction of sp³-hybridized carbons (Fsp3) is 0.875. The zero-order valence-corrected chi connectivity index (χ0v) is 16.8. The average molecular weight is 451 g/mol. The molecule has 8 heteroatoms. The molecule has 2 saturated carbocycles. The number of nitrogens with one attached hydrogen (secondary N) is 2. The first kappa shape index (κ1) is 19.7. The van der Waals surface area contributed by atoms with Crippen molar-refractivity contribution in [2.24, 2.45) is 4.99 Å². The van der Waals surface area contributed by atoms with Crippen LogP contribution in [0.5, 0.6) is 0 Å². The van der Waals surface area contributed by atoms with Gasteiger partial charge in [-0.1, -0.05) is 0 Å². The Morgan fingerprint density at radius 3 is 2.42 bits per heavy atom. The normalized spacial score (nSPS) is 23.9. The highest BCUT2D eigenvalue weighted by atomic mass is 127. The van der Waals surface area contributed by atoms with Gasteiger partial charge in [-0.25, -0.2) is 0 Å². The Balaban J connectivity index is 0.00000208. The van der Waals surface area contributed by atoms with E-state index in [0.717, 1.165) is 64.2 Å². The number of amides is 1. The van der Waals surface area contributed by atoms with Gasteiger partial charge in [0, 0.05) is 45.8 Å². The lowest BCUT2D eigenvalue weighted by atomic mass is 9.80. The number of hydrogen-bond acceptors (Lipinski definition) is 4. The number of carbonyl (C=O) groups is 1. The quantitative estimate of drug-likeness (QED) is 0.312. The Morgan fingerprint density at radius 1 is 1.25 bits per heavy atom. The summed E-state index contributed by atoms with van der Waals surface area (Å²) in [5, 5.41) is 16.5. The highest BCUT2D eigenvalue weighted by molar-refractivity contribution is 14.0. The van der Waals surface area contributed by atoms with Crippen LogP contribution in [-0.4, -0.2) is 84.7 Å². The maximum Gasteiger partial charge on any atom is 0.234 e. The molecule has 0 radical (unpaired) electrons. The predicted molar refractivity (Wildman–Crippen MR) is 105 cm³/mol. The summed E-state index contributed by atoms with van der Waals surface area (Å²) < 4.78 is 0. The van der Waals surface area contributed by atoms with Crippen LogP contribution in [-0.2, 0) is 4.79 Å². The molecule has 3 N–H and O–H groups in total. The molecule has 0 bridgehead atoms. The van der Waals surface area contributed by atoms with Crippen LogP contribution in [0.4, 0.5) is 0 Å². The summed E-state index contributed by atoms with van der Waals surface area (Å²) in [6.45, 7) is 4.51. The molecule has 138 valence electrons. The minimum atomic E-state index is -0.543. The molecule has 1 amide bonds. The Kier molecular flexibility index (Phi) is 7.11. The van der Waals surface area contributed by atoms with Gasteiger partial charge in [-0.05, 0) is 32.1 Å². The zero-order chi connectivity index (χ0) is 16.3. The standard InChI is InChI=1S/C16H29N5O2.HI/c1-17-15(18-12-16(23)5-2-6-16)21-9-7-20(8-10-21)11-14(22)19-13-3-4-13;/h13,23H,2-12H2,1H3,(H,17,18)(H,19,22);1H. The summed E-state index contributed by atoms with van der Waals surface area (Å²) >= 11 is 0. The first-order valence-corrected chi connectivity index (χ1v) is 8.78. The molecule has 24 heavy (non-hydrogen) atoms. The van der Waals surface area contributed by atoms with E-state index in [1.165, 1.54) is 0 Å². The highest BCUT2D eigenvalue weighted by Crippen LogP contribution is 2.30. The highest BCUT2D eigenvalue weighted by Gasteiger charge is 2.34. The van der Waals surface area contributed by atoms with Crippen molar-refractivity contribution in [3.05, 3.63) is 0 Å². The van der Waals surface area contributed by atoms with Gasteiger partial charge >= 0.3 is 0 Å². The van der Waals surface area contributed by atoms with Gasteiger partial charge in [0.1, 0.15) is 0 Å². The van der Waals surface area contributed by atoms with E-state index in [1.54, 1.807) is 7.05 Å². The number of hydrogen-bond donors (Lipinski definition) is 3. The second kappa shape index (κ2) is 8.66. The van der Waals surface area contributed by atoms with Crippen LogP contribution in [0, 0.1) is 0 Å². The molecule has 1 heterocycles. The minimum Gasteiger partial charge on any atom is -0.388 e. The fourth-order valence-corrected chi connectivity index (χ4v) is 3.16. The van der Waals surface area contributed by atoms with Gasteiger partial charge < -0.3 is 20.6 Å². The molecule has 0 atom stereocenters. The van der Waals surface area contributed by atoms with E-state index in [2.05, 4.69) is 25.4 Å². The molecule has 0 aromatic rings. The summed E-state index contributed by atoms with van der Waals surface area (Å²) in [6, 6.07) is 0.434. The number of carbonyl (C=O) groups excluding carboxylic acids is 1. The molecule has 1 aliphatic heterocycles. The van der Waals surface area contributed by atoms with Gasteiger partial charge in [0.2, 0.25) is 5.91 Å². The number of nitrogens with zero attached hydrogens (tertiary/aromatic N) is 3. The first-order valence-electron chi connectivity index (χ1n) is 8.78. The molecule has 3 fully saturated rings. The summed E-state index contributed by atoms with van der Waals surface area (Å²) in [5.41, 5.74) is -0.543. The van der Waals surface area contributed by atoms with Crippen LogP contribution in [0.25, 0.3) is 0 Å². The van der Waals surface area contributed by atoms with E-state index < -0.39 is 5.60 Å². The monoisotopic (exact) mass is 451 g/mol. The molecule has 0 aromatic heterocycles. The second-order valence-electron chi connectivity index (χ2n) is 7.08. The summed E-state index contributed by atoms with van der Waals surface area (Å²) in [5.74, 6) is 1.00. The number of halogens is 1. The van der Waals surface area contributed by atoms with Gasteiger partial charge in [0.25, 0.3) is 0 Å². The average Bonchev–Trinajstić information content (AvgIpc) is 3.31. The van der Waals surface area contributed by atoms with Crippen LogP contribution in [0.1, 0.15) is 32.1 Å². The van der Waals surface area contributed by atoms with Gasteiger partial charge in [0.15, 0.2) is 5.96 Å². The third kappa shape index (κ3) is 5.45. The molecule has 2 aliphatic carbocycles. The van der Waals surface area contributed by atoms with E-state index in [4.69, 9.17) is 0 Å².